The van der Waals surface area contributed by atoms with Crippen LogP contribution in [-0.4, -0.2) is 69.3 Å². The third-order valence-corrected chi connectivity index (χ3v) is 6.19. The molecule has 1 aromatic carbocycles. The summed E-state index contributed by atoms with van der Waals surface area (Å²) in [6, 6.07) is 10.0. The quantitative estimate of drug-likeness (QED) is 0.660. The molecule has 1 aromatic heterocycles. The van der Waals surface area contributed by atoms with Crippen LogP contribution in [0.4, 0.5) is 5.82 Å². The zero-order chi connectivity index (χ0) is 25.0. The van der Waals surface area contributed by atoms with Crippen LogP contribution in [0.3, 0.4) is 0 Å². The summed E-state index contributed by atoms with van der Waals surface area (Å²) in [6.45, 7) is 7.24. The maximum atomic E-state index is 13.0. The molecule has 3 aliphatic heterocycles. The van der Waals surface area contributed by atoms with Gasteiger partial charge in [0.15, 0.2) is 17.8 Å². The fourth-order valence-corrected chi connectivity index (χ4v) is 4.65. The number of hydrogen-bond acceptors (Lipinski definition) is 9. The fraction of sp³-hybridized carbons (Fsp3) is 0.542. The van der Waals surface area contributed by atoms with Gasteiger partial charge in [0.1, 0.15) is 36.3 Å². The van der Waals surface area contributed by atoms with E-state index in [9.17, 15) is 14.7 Å². The number of amides is 1. The van der Waals surface area contributed by atoms with Gasteiger partial charge in [0, 0.05) is 11.8 Å². The smallest absolute Gasteiger partial charge is 0.351 e. The van der Waals surface area contributed by atoms with Crippen LogP contribution in [-0.2, 0) is 23.7 Å². The molecule has 4 heterocycles. The van der Waals surface area contributed by atoms with Gasteiger partial charge in [-0.15, -0.1) is 0 Å². The third kappa shape index (κ3) is 4.75. The molecule has 2 aromatic rings. The molecule has 2 N–H and O–H groups in total. The summed E-state index contributed by atoms with van der Waals surface area (Å²) in [4.78, 5) is 29.4. The lowest BCUT2D eigenvalue weighted by atomic mass is 9.99. The summed E-state index contributed by atoms with van der Waals surface area (Å²) < 4.78 is 31.3. The lowest BCUT2D eigenvalue weighted by Gasteiger charge is -2.42. The molecule has 11 heteroatoms. The van der Waals surface area contributed by atoms with E-state index in [1.807, 2.05) is 0 Å². The zero-order valence-electron chi connectivity index (χ0n) is 19.9. The molecule has 11 nitrogen and oxygen atoms in total. The SMILES string of the molecule is CC1(C)OCC2OC(n3ccc(NC(=O)c4ccccc4)nc3=O)C(O)[C@H]3OC(C)(C)OC3[C@@H]2O1. The van der Waals surface area contributed by atoms with Crippen molar-refractivity contribution in [1.82, 2.24) is 9.55 Å². The lowest BCUT2D eigenvalue weighted by molar-refractivity contribution is -0.332. The van der Waals surface area contributed by atoms with Gasteiger partial charge in [-0.05, 0) is 45.9 Å². The third-order valence-electron chi connectivity index (χ3n) is 6.19. The highest BCUT2D eigenvalue weighted by atomic mass is 16.8. The Bertz CT molecular complexity index is 1150. The molecule has 5 rings (SSSR count). The number of fused-ring (bicyclic) bond motifs is 3. The number of nitrogens with zero attached hydrogens (tertiary/aromatic N) is 2. The summed E-state index contributed by atoms with van der Waals surface area (Å²) in [5.41, 5.74) is -0.287. The second-order valence-electron chi connectivity index (χ2n) is 9.74. The molecule has 6 atom stereocenters. The maximum absolute atomic E-state index is 13.0. The molecule has 0 bridgehead atoms. The van der Waals surface area contributed by atoms with Crippen LogP contribution in [0.15, 0.2) is 47.4 Å². The number of aliphatic hydroxyl groups excluding tert-OH is 1. The highest BCUT2D eigenvalue weighted by Gasteiger charge is 2.58. The fourth-order valence-electron chi connectivity index (χ4n) is 4.65. The normalized spacial score (nSPS) is 33.3. The standard InChI is InChI=1S/C24H29N3O8/c1-23(2)31-12-14-17(33-23)19-18(34-24(3,4)35-19)16(28)21(32-14)27-11-10-15(26-22(27)30)25-20(29)13-8-6-5-7-9-13/h5-11,14,16-19,21,28H,12H2,1-4H3,(H,25,26,29,30)/t14?,16?,17-,18-,19?,21?/m1/s1. The molecule has 0 aliphatic carbocycles. The Hall–Kier alpha value is -2.67. The number of anilines is 1. The molecule has 4 unspecified atom stereocenters. The number of aliphatic hydroxyl groups is 1. The minimum absolute atomic E-state index is 0.0756. The molecule has 0 spiro atoms. The van der Waals surface area contributed by atoms with Gasteiger partial charge in [0.05, 0.1) is 6.61 Å². The van der Waals surface area contributed by atoms with E-state index in [1.54, 1.807) is 58.0 Å². The molecule has 3 saturated heterocycles. The van der Waals surface area contributed by atoms with E-state index in [0.29, 0.717) is 5.56 Å². The first-order valence-corrected chi connectivity index (χ1v) is 11.5. The van der Waals surface area contributed by atoms with Crippen LogP contribution in [0.1, 0.15) is 44.3 Å². The van der Waals surface area contributed by atoms with Crippen molar-refractivity contribution in [1.29, 1.82) is 0 Å². The number of benzene rings is 1. The molecule has 1 amide bonds. The number of hydrogen-bond donors (Lipinski definition) is 2. The first-order chi connectivity index (χ1) is 16.5. The molecule has 35 heavy (non-hydrogen) atoms. The van der Waals surface area contributed by atoms with Crippen molar-refractivity contribution >= 4 is 11.7 Å². The molecule has 188 valence electrons. The van der Waals surface area contributed by atoms with Crippen molar-refractivity contribution in [3.8, 4) is 0 Å². The van der Waals surface area contributed by atoms with Gasteiger partial charge >= 0.3 is 5.69 Å². The van der Waals surface area contributed by atoms with Gasteiger partial charge in [0.2, 0.25) is 0 Å². The summed E-state index contributed by atoms with van der Waals surface area (Å²) in [7, 11) is 0. The minimum atomic E-state index is -1.27. The van der Waals surface area contributed by atoms with Crippen LogP contribution in [0.5, 0.6) is 0 Å². The predicted octanol–water partition coefficient (Wildman–Crippen LogP) is 1.43. The summed E-state index contributed by atoms with van der Waals surface area (Å²) in [5.74, 6) is -2.17. The van der Waals surface area contributed by atoms with E-state index in [2.05, 4.69) is 10.3 Å². The summed E-state index contributed by atoms with van der Waals surface area (Å²) in [5, 5.41) is 13.9. The van der Waals surface area contributed by atoms with E-state index in [4.69, 9.17) is 23.7 Å². The highest BCUT2D eigenvalue weighted by molar-refractivity contribution is 6.03. The van der Waals surface area contributed by atoms with Crippen molar-refractivity contribution in [3.05, 3.63) is 58.6 Å². The van der Waals surface area contributed by atoms with Gasteiger partial charge in [-0.1, -0.05) is 18.2 Å². The van der Waals surface area contributed by atoms with Gasteiger partial charge in [-0.2, -0.15) is 4.98 Å². The molecular weight excluding hydrogens is 458 g/mol. The second-order valence-corrected chi connectivity index (χ2v) is 9.74. The predicted molar refractivity (Wildman–Crippen MR) is 122 cm³/mol. The van der Waals surface area contributed by atoms with Crippen LogP contribution in [0.25, 0.3) is 0 Å². The largest absolute Gasteiger partial charge is 0.386 e. The minimum Gasteiger partial charge on any atom is -0.386 e. The lowest BCUT2D eigenvalue weighted by Crippen LogP contribution is -2.55. The second kappa shape index (κ2) is 8.77. The first-order valence-electron chi connectivity index (χ1n) is 11.5. The van der Waals surface area contributed by atoms with Crippen molar-refractivity contribution < 1.29 is 33.6 Å². The van der Waals surface area contributed by atoms with Crippen LogP contribution < -0.4 is 11.0 Å². The van der Waals surface area contributed by atoms with Crippen molar-refractivity contribution in [2.45, 2.75) is 76.0 Å². The Kier molecular flexibility index (Phi) is 6.02. The number of nitrogens with one attached hydrogen (secondary N) is 1. The Morgan fingerprint density at radius 2 is 1.71 bits per heavy atom. The van der Waals surface area contributed by atoms with Crippen molar-refractivity contribution in [2.24, 2.45) is 0 Å². The maximum Gasteiger partial charge on any atom is 0.351 e. The average molecular weight is 488 g/mol. The average Bonchev–Trinajstić information content (AvgIpc) is 3.09. The number of rotatable bonds is 3. The van der Waals surface area contributed by atoms with Crippen LogP contribution in [0, 0.1) is 0 Å². The topological polar surface area (TPSA) is 130 Å². The summed E-state index contributed by atoms with van der Waals surface area (Å²) >= 11 is 0. The van der Waals surface area contributed by atoms with Gasteiger partial charge in [0.25, 0.3) is 5.91 Å². The number of aromatic nitrogens is 2. The van der Waals surface area contributed by atoms with Crippen molar-refractivity contribution in [2.75, 3.05) is 11.9 Å². The molecule has 3 fully saturated rings. The molecule has 0 radical (unpaired) electrons. The van der Waals surface area contributed by atoms with Crippen LogP contribution >= 0.6 is 0 Å². The van der Waals surface area contributed by atoms with E-state index in [1.165, 1.54) is 12.3 Å². The zero-order valence-corrected chi connectivity index (χ0v) is 19.9. The highest BCUT2D eigenvalue weighted by Crippen LogP contribution is 2.42. The summed E-state index contributed by atoms with van der Waals surface area (Å²) in [6.07, 6.45) is -3.73. The molecule has 0 saturated carbocycles. The van der Waals surface area contributed by atoms with E-state index < -0.39 is 59.9 Å². The van der Waals surface area contributed by atoms with E-state index in [0.717, 1.165) is 4.57 Å². The Morgan fingerprint density at radius 1 is 1.03 bits per heavy atom. The van der Waals surface area contributed by atoms with Crippen molar-refractivity contribution in [3.63, 3.8) is 0 Å². The Labute approximate surface area is 201 Å². The molecule has 3 aliphatic rings. The molecular formula is C24H29N3O8. The number of carbonyl (C=O) groups excluding carboxylic acids is 1. The first kappa shape index (κ1) is 24.0. The van der Waals surface area contributed by atoms with Crippen LogP contribution in [0.2, 0.25) is 0 Å². The van der Waals surface area contributed by atoms with Gasteiger partial charge < -0.3 is 34.1 Å². The Balaban J connectivity index is 1.43. The monoisotopic (exact) mass is 487 g/mol. The Morgan fingerprint density at radius 3 is 2.43 bits per heavy atom. The number of carbonyl (C=O) groups is 1. The van der Waals surface area contributed by atoms with Gasteiger partial charge in [-0.3, -0.25) is 9.36 Å². The van der Waals surface area contributed by atoms with E-state index >= 15 is 0 Å². The number of ether oxygens (including phenoxy) is 5. The van der Waals surface area contributed by atoms with E-state index in [-0.39, 0.29) is 12.4 Å². The van der Waals surface area contributed by atoms with Gasteiger partial charge in [-0.25, -0.2) is 4.79 Å².